The minimum absolute atomic E-state index is 0.457. The third-order valence-electron chi connectivity index (χ3n) is 2.70. The van der Waals surface area contributed by atoms with Gasteiger partial charge in [-0.25, -0.2) is 0 Å². The molecule has 2 nitrogen and oxygen atoms in total. The highest BCUT2D eigenvalue weighted by Gasteiger charge is 2.11. The fraction of sp³-hybridized carbons (Fsp3) is 0.462. The zero-order valence-corrected chi connectivity index (χ0v) is 10.7. The fourth-order valence-corrected chi connectivity index (χ4v) is 2.79. The van der Waals surface area contributed by atoms with Crippen LogP contribution in [0.3, 0.4) is 0 Å². The molecule has 0 saturated carbocycles. The number of hydrogen-bond acceptors (Lipinski definition) is 3. The van der Waals surface area contributed by atoms with E-state index < -0.39 is 0 Å². The van der Waals surface area contributed by atoms with Gasteiger partial charge in [-0.3, -0.25) is 4.99 Å². The first-order valence-electron chi connectivity index (χ1n) is 5.84. The van der Waals surface area contributed by atoms with Gasteiger partial charge in [0.25, 0.3) is 0 Å². The molecule has 0 radical (unpaired) electrons. The fourth-order valence-electron chi connectivity index (χ4n) is 1.69. The van der Waals surface area contributed by atoms with Crippen LogP contribution in [-0.2, 0) is 6.42 Å². The predicted molar refractivity (Wildman–Crippen MR) is 73.4 cm³/mol. The lowest BCUT2D eigenvalue weighted by Crippen LogP contribution is -2.17. The maximum Gasteiger partial charge on any atom is 0.161 e. The van der Waals surface area contributed by atoms with E-state index in [0.29, 0.717) is 6.04 Å². The molecule has 0 aliphatic carbocycles. The summed E-state index contributed by atoms with van der Waals surface area (Å²) in [6.45, 7) is 4.35. The SMILES string of the molecule is CCc1cccc(NC2=NC(C)CCS2)c1. The second-order valence-corrected chi connectivity index (χ2v) is 5.18. The average Bonchev–Trinajstić information content (AvgIpc) is 2.29. The van der Waals surface area contributed by atoms with Crippen molar-refractivity contribution in [3.05, 3.63) is 29.8 Å². The number of benzene rings is 1. The summed E-state index contributed by atoms with van der Waals surface area (Å²) in [6.07, 6.45) is 2.26. The minimum Gasteiger partial charge on any atom is -0.335 e. The summed E-state index contributed by atoms with van der Waals surface area (Å²) >= 11 is 1.81. The topological polar surface area (TPSA) is 24.4 Å². The van der Waals surface area contributed by atoms with Gasteiger partial charge in [-0.2, -0.15) is 0 Å². The summed E-state index contributed by atoms with van der Waals surface area (Å²) in [6, 6.07) is 9.00. The van der Waals surface area contributed by atoms with Crippen molar-refractivity contribution in [1.82, 2.24) is 0 Å². The summed E-state index contributed by atoms with van der Waals surface area (Å²) in [5, 5.41) is 4.46. The Morgan fingerprint density at radius 2 is 2.38 bits per heavy atom. The molecule has 1 aromatic rings. The molecule has 1 aliphatic rings. The number of aliphatic imine (C=N–C) groups is 1. The van der Waals surface area contributed by atoms with Crippen molar-refractivity contribution in [3.8, 4) is 0 Å². The molecule has 0 aromatic heterocycles. The predicted octanol–water partition coefficient (Wildman–Crippen LogP) is 3.54. The Balaban J connectivity index is 2.08. The van der Waals surface area contributed by atoms with Gasteiger partial charge in [-0.15, -0.1) is 0 Å². The van der Waals surface area contributed by atoms with E-state index in [2.05, 4.69) is 48.4 Å². The number of aryl methyl sites for hydroxylation is 1. The van der Waals surface area contributed by atoms with E-state index >= 15 is 0 Å². The maximum atomic E-state index is 4.60. The van der Waals surface area contributed by atoms with Crippen molar-refractivity contribution < 1.29 is 0 Å². The van der Waals surface area contributed by atoms with Crippen LogP contribution in [0, 0.1) is 0 Å². The van der Waals surface area contributed by atoms with Gasteiger partial charge in [-0.05, 0) is 37.5 Å². The first kappa shape index (κ1) is 11.5. The van der Waals surface area contributed by atoms with Gasteiger partial charge in [0, 0.05) is 11.4 Å². The molecule has 0 spiro atoms. The van der Waals surface area contributed by atoms with Gasteiger partial charge in [0.05, 0.1) is 6.04 Å². The van der Waals surface area contributed by atoms with Crippen LogP contribution in [0.5, 0.6) is 0 Å². The van der Waals surface area contributed by atoms with E-state index in [4.69, 9.17) is 0 Å². The molecule has 0 fully saturated rings. The number of anilines is 1. The van der Waals surface area contributed by atoms with Gasteiger partial charge < -0.3 is 5.32 Å². The second kappa shape index (κ2) is 5.39. The van der Waals surface area contributed by atoms with Crippen LogP contribution in [0.1, 0.15) is 25.8 Å². The molecule has 3 heteroatoms. The van der Waals surface area contributed by atoms with Crippen LogP contribution in [0.4, 0.5) is 5.69 Å². The molecule has 1 heterocycles. The number of nitrogens with one attached hydrogen (secondary N) is 1. The zero-order chi connectivity index (χ0) is 11.4. The minimum atomic E-state index is 0.457. The lowest BCUT2D eigenvalue weighted by atomic mass is 10.1. The van der Waals surface area contributed by atoms with Crippen LogP contribution in [0.2, 0.25) is 0 Å². The quantitative estimate of drug-likeness (QED) is 0.846. The van der Waals surface area contributed by atoms with E-state index in [0.717, 1.165) is 17.3 Å². The molecule has 0 saturated heterocycles. The van der Waals surface area contributed by atoms with Crippen molar-refractivity contribution in [1.29, 1.82) is 0 Å². The Morgan fingerprint density at radius 1 is 1.50 bits per heavy atom. The summed E-state index contributed by atoms with van der Waals surface area (Å²) in [4.78, 5) is 4.60. The molecule has 0 bridgehead atoms. The molecule has 1 aromatic carbocycles. The third kappa shape index (κ3) is 3.01. The van der Waals surface area contributed by atoms with Gasteiger partial charge >= 0.3 is 0 Å². The second-order valence-electron chi connectivity index (χ2n) is 4.10. The van der Waals surface area contributed by atoms with Crippen LogP contribution >= 0.6 is 11.8 Å². The normalized spacial score (nSPS) is 20.4. The molecule has 1 aliphatic heterocycles. The van der Waals surface area contributed by atoms with Crippen LogP contribution in [0.15, 0.2) is 29.3 Å². The Bertz CT molecular complexity index is 387. The molecule has 1 unspecified atom stereocenters. The Kier molecular flexibility index (Phi) is 3.88. The molecule has 2 rings (SSSR count). The molecule has 1 N–H and O–H groups in total. The highest BCUT2D eigenvalue weighted by molar-refractivity contribution is 8.14. The average molecular weight is 234 g/mol. The molecule has 16 heavy (non-hydrogen) atoms. The summed E-state index contributed by atoms with van der Waals surface area (Å²) < 4.78 is 0. The molecule has 1 atom stereocenters. The summed E-state index contributed by atoms with van der Waals surface area (Å²) in [5.74, 6) is 1.17. The maximum absolute atomic E-state index is 4.60. The molecule has 86 valence electrons. The van der Waals surface area contributed by atoms with Crippen LogP contribution in [-0.4, -0.2) is 17.0 Å². The van der Waals surface area contributed by atoms with E-state index in [9.17, 15) is 0 Å². The van der Waals surface area contributed by atoms with Crippen molar-refractivity contribution in [2.24, 2.45) is 4.99 Å². The third-order valence-corrected chi connectivity index (χ3v) is 3.62. The zero-order valence-electron chi connectivity index (χ0n) is 9.86. The van der Waals surface area contributed by atoms with Crippen molar-refractivity contribution in [2.75, 3.05) is 11.1 Å². The summed E-state index contributed by atoms with van der Waals surface area (Å²) in [7, 11) is 0. The highest BCUT2D eigenvalue weighted by atomic mass is 32.2. The first-order valence-corrected chi connectivity index (χ1v) is 6.83. The van der Waals surface area contributed by atoms with Gasteiger partial charge in [-0.1, -0.05) is 30.8 Å². The monoisotopic (exact) mass is 234 g/mol. The van der Waals surface area contributed by atoms with E-state index in [1.165, 1.54) is 17.7 Å². The van der Waals surface area contributed by atoms with Crippen molar-refractivity contribution in [2.45, 2.75) is 32.7 Å². The van der Waals surface area contributed by atoms with E-state index in [-0.39, 0.29) is 0 Å². The van der Waals surface area contributed by atoms with Crippen LogP contribution < -0.4 is 5.32 Å². The molecule has 0 amide bonds. The summed E-state index contributed by atoms with van der Waals surface area (Å²) in [5.41, 5.74) is 2.51. The van der Waals surface area contributed by atoms with E-state index in [1.807, 2.05) is 11.8 Å². The molecular formula is C13H18N2S. The lowest BCUT2D eigenvalue weighted by molar-refractivity contribution is 0.720. The van der Waals surface area contributed by atoms with Crippen molar-refractivity contribution >= 4 is 22.6 Å². The number of amidine groups is 1. The van der Waals surface area contributed by atoms with Gasteiger partial charge in [0.2, 0.25) is 0 Å². The number of thioether (sulfide) groups is 1. The van der Waals surface area contributed by atoms with Gasteiger partial charge in [0.1, 0.15) is 0 Å². The van der Waals surface area contributed by atoms with Crippen LogP contribution in [0.25, 0.3) is 0 Å². The van der Waals surface area contributed by atoms with Crippen molar-refractivity contribution in [3.63, 3.8) is 0 Å². The smallest absolute Gasteiger partial charge is 0.161 e. The Labute approximate surface area is 102 Å². The standard InChI is InChI=1S/C13H18N2S/c1-3-11-5-4-6-12(9-11)15-13-14-10(2)7-8-16-13/h4-6,9-10H,3,7-8H2,1-2H3,(H,14,15). The lowest BCUT2D eigenvalue weighted by Gasteiger charge is -2.17. The number of rotatable bonds is 2. The molecular weight excluding hydrogens is 216 g/mol. The Morgan fingerprint density at radius 3 is 3.12 bits per heavy atom. The Hall–Kier alpha value is -0.960. The van der Waals surface area contributed by atoms with E-state index in [1.54, 1.807) is 0 Å². The van der Waals surface area contributed by atoms with Gasteiger partial charge in [0.15, 0.2) is 5.17 Å². The largest absolute Gasteiger partial charge is 0.335 e. The first-order chi connectivity index (χ1) is 7.78. The number of nitrogens with zero attached hydrogens (tertiary/aromatic N) is 1. The highest BCUT2D eigenvalue weighted by Crippen LogP contribution is 2.20. The number of hydrogen-bond donors (Lipinski definition) is 1.